The minimum absolute atomic E-state index is 0.508. The van der Waals surface area contributed by atoms with Gasteiger partial charge in [-0.3, -0.25) is 0 Å². The van der Waals surface area contributed by atoms with Gasteiger partial charge in [-0.1, -0.05) is 73.7 Å². The molecule has 31 heavy (non-hydrogen) atoms. The van der Waals surface area contributed by atoms with Crippen molar-refractivity contribution in [1.82, 2.24) is 4.98 Å². The van der Waals surface area contributed by atoms with Crippen LogP contribution in [0.4, 0.5) is 11.5 Å². The van der Waals surface area contributed by atoms with Crippen molar-refractivity contribution in [2.75, 3.05) is 10.6 Å². The molecule has 0 bridgehead atoms. The fourth-order valence-electron chi connectivity index (χ4n) is 4.37. The van der Waals surface area contributed by atoms with E-state index in [0.29, 0.717) is 11.1 Å². The minimum atomic E-state index is 0.508. The second-order valence-electron chi connectivity index (χ2n) is 8.19. The van der Waals surface area contributed by atoms with E-state index >= 15 is 0 Å². The van der Waals surface area contributed by atoms with E-state index in [1.165, 1.54) is 43.2 Å². The molecule has 0 atom stereocenters. The third-order valence-corrected chi connectivity index (χ3v) is 6.58. The van der Waals surface area contributed by atoms with E-state index in [1.807, 2.05) is 24.3 Å². The lowest BCUT2D eigenvalue weighted by atomic mass is 9.95. The predicted octanol–water partition coefficient (Wildman–Crippen LogP) is 7.97. The lowest BCUT2D eigenvalue weighted by molar-refractivity contribution is 0.462. The van der Waals surface area contributed by atoms with Crippen molar-refractivity contribution in [3.05, 3.63) is 75.9 Å². The fourth-order valence-corrected chi connectivity index (χ4v) is 4.70. The zero-order valence-corrected chi connectivity index (χ0v) is 19.4. The lowest BCUT2D eigenvalue weighted by Gasteiger charge is -2.24. The average molecular weight is 454 g/mol. The first-order valence-corrected chi connectivity index (χ1v) is 11.9. The van der Waals surface area contributed by atoms with Gasteiger partial charge in [-0.25, -0.2) is 4.98 Å². The van der Waals surface area contributed by atoms with Gasteiger partial charge in [-0.15, -0.1) is 0 Å². The molecule has 1 saturated carbocycles. The minimum Gasteiger partial charge on any atom is -0.381 e. The second-order valence-corrected chi connectivity index (χ2v) is 9.04. The van der Waals surface area contributed by atoms with Crippen LogP contribution in [0.1, 0.15) is 50.2 Å². The van der Waals surface area contributed by atoms with Crippen LogP contribution in [-0.2, 0) is 13.0 Å². The van der Waals surface area contributed by atoms with Crippen LogP contribution < -0.4 is 10.6 Å². The van der Waals surface area contributed by atoms with Crippen LogP contribution in [0.2, 0.25) is 10.0 Å². The Morgan fingerprint density at radius 1 is 0.968 bits per heavy atom. The van der Waals surface area contributed by atoms with E-state index in [2.05, 4.69) is 46.8 Å². The SMILES string of the molecule is CCc1c(NCc2ccc(Cl)cc2)cccc1-c1cc(NC2CCCCC2)ncc1Cl. The second kappa shape index (κ2) is 10.4. The smallest absolute Gasteiger partial charge is 0.126 e. The third-order valence-electron chi connectivity index (χ3n) is 6.03. The number of benzene rings is 2. The summed E-state index contributed by atoms with van der Waals surface area (Å²) in [7, 11) is 0. The molecule has 2 aromatic carbocycles. The number of halogens is 2. The maximum atomic E-state index is 6.62. The summed E-state index contributed by atoms with van der Waals surface area (Å²) in [6.07, 6.45) is 9.03. The molecule has 5 heteroatoms. The highest BCUT2D eigenvalue weighted by Crippen LogP contribution is 2.36. The molecule has 1 aromatic heterocycles. The first-order valence-electron chi connectivity index (χ1n) is 11.2. The maximum absolute atomic E-state index is 6.62. The summed E-state index contributed by atoms with van der Waals surface area (Å²) in [5.41, 5.74) is 5.76. The standard InChI is InChI=1S/C26H29Cl2N3/c1-2-21-22(9-6-10-25(21)29-16-18-11-13-19(27)14-12-18)23-15-26(30-17-24(23)28)31-20-7-4-3-5-8-20/h6,9-15,17,20,29H,2-5,7-8,16H2,1H3,(H,30,31). The molecular formula is C26H29Cl2N3. The molecule has 1 heterocycles. The first-order chi connectivity index (χ1) is 15.1. The summed E-state index contributed by atoms with van der Waals surface area (Å²) in [5, 5.41) is 8.65. The normalized spacial score (nSPS) is 14.4. The van der Waals surface area contributed by atoms with Gasteiger partial charge < -0.3 is 10.6 Å². The zero-order chi connectivity index (χ0) is 21.6. The average Bonchev–Trinajstić information content (AvgIpc) is 2.80. The fraction of sp³-hybridized carbons (Fsp3) is 0.346. The van der Waals surface area contributed by atoms with Gasteiger partial charge in [-0.2, -0.15) is 0 Å². The molecule has 0 radical (unpaired) electrons. The monoisotopic (exact) mass is 453 g/mol. The Morgan fingerprint density at radius 2 is 1.74 bits per heavy atom. The zero-order valence-electron chi connectivity index (χ0n) is 17.9. The Labute approximate surface area is 195 Å². The van der Waals surface area contributed by atoms with E-state index in [0.717, 1.165) is 40.6 Å². The Kier molecular flexibility index (Phi) is 7.37. The molecule has 0 spiro atoms. The number of rotatable bonds is 7. The van der Waals surface area contributed by atoms with Crippen molar-refractivity contribution >= 4 is 34.7 Å². The molecular weight excluding hydrogens is 425 g/mol. The summed E-state index contributed by atoms with van der Waals surface area (Å²) in [6.45, 7) is 2.93. The Morgan fingerprint density at radius 3 is 2.48 bits per heavy atom. The Bertz CT molecular complexity index is 1010. The van der Waals surface area contributed by atoms with Crippen molar-refractivity contribution in [3.63, 3.8) is 0 Å². The van der Waals surface area contributed by atoms with Gasteiger partial charge in [-0.05, 0) is 60.2 Å². The lowest BCUT2D eigenvalue weighted by Crippen LogP contribution is -2.22. The van der Waals surface area contributed by atoms with Crippen molar-refractivity contribution in [1.29, 1.82) is 0 Å². The van der Waals surface area contributed by atoms with Crippen LogP contribution in [0, 0.1) is 0 Å². The highest BCUT2D eigenvalue weighted by Gasteiger charge is 2.16. The molecule has 3 nitrogen and oxygen atoms in total. The van der Waals surface area contributed by atoms with Gasteiger partial charge in [0.2, 0.25) is 0 Å². The molecule has 0 saturated heterocycles. The highest BCUT2D eigenvalue weighted by atomic mass is 35.5. The Hall–Kier alpha value is -2.23. The van der Waals surface area contributed by atoms with Gasteiger partial charge in [0.15, 0.2) is 0 Å². The molecule has 0 amide bonds. The Balaban J connectivity index is 1.59. The van der Waals surface area contributed by atoms with Crippen molar-refractivity contribution in [3.8, 4) is 11.1 Å². The van der Waals surface area contributed by atoms with Gasteiger partial charge >= 0.3 is 0 Å². The van der Waals surface area contributed by atoms with Crippen LogP contribution in [0.3, 0.4) is 0 Å². The van der Waals surface area contributed by atoms with E-state index in [-0.39, 0.29) is 0 Å². The summed E-state index contributed by atoms with van der Waals surface area (Å²) in [5.74, 6) is 0.910. The topological polar surface area (TPSA) is 37.0 Å². The van der Waals surface area contributed by atoms with Gasteiger partial charge in [0, 0.05) is 35.1 Å². The number of anilines is 2. The molecule has 4 rings (SSSR count). The number of pyridine rings is 1. The van der Waals surface area contributed by atoms with Crippen molar-refractivity contribution < 1.29 is 0 Å². The van der Waals surface area contributed by atoms with Gasteiger partial charge in [0.1, 0.15) is 5.82 Å². The predicted molar refractivity (Wildman–Crippen MR) is 133 cm³/mol. The molecule has 0 unspecified atom stereocenters. The highest BCUT2D eigenvalue weighted by molar-refractivity contribution is 6.33. The van der Waals surface area contributed by atoms with Gasteiger partial charge in [0.25, 0.3) is 0 Å². The maximum Gasteiger partial charge on any atom is 0.126 e. The largest absolute Gasteiger partial charge is 0.381 e. The van der Waals surface area contributed by atoms with Crippen LogP contribution in [0.15, 0.2) is 54.7 Å². The van der Waals surface area contributed by atoms with Gasteiger partial charge in [0.05, 0.1) is 5.02 Å². The quantitative estimate of drug-likeness (QED) is 0.380. The molecule has 1 aliphatic carbocycles. The van der Waals surface area contributed by atoms with Crippen LogP contribution >= 0.6 is 23.2 Å². The molecule has 1 fully saturated rings. The number of nitrogens with one attached hydrogen (secondary N) is 2. The first kappa shape index (κ1) is 22.0. The number of aromatic nitrogens is 1. The summed E-state index contributed by atoms with van der Waals surface area (Å²) >= 11 is 12.6. The van der Waals surface area contributed by atoms with E-state index in [4.69, 9.17) is 23.2 Å². The van der Waals surface area contributed by atoms with E-state index < -0.39 is 0 Å². The summed E-state index contributed by atoms with van der Waals surface area (Å²) in [4.78, 5) is 4.55. The molecule has 3 aromatic rings. The van der Waals surface area contributed by atoms with E-state index in [9.17, 15) is 0 Å². The number of hydrogen-bond donors (Lipinski definition) is 2. The van der Waals surface area contributed by atoms with Crippen LogP contribution in [0.25, 0.3) is 11.1 Å². The van der Waals surface area contributed by atoms with Crippen LogP contribution in [0.5, 0.6) is 0 Å². The summed E-state index contributed by atoms with van der Waals surface area (Å²) < 4.78 is 0. The molecule has 0 aliphatic heterocycles. The third kappa shape index (κ3) is 5.53. The van der Waals surface area contributed by atoms with E-state index in [1.54, 1.807) is 6.20 Å². The van der Waals surface area contributed by atoms with Crippen molar-refractivity contribution in [2.45, 2.75) is 58.0 Å². The number of hydrogen-bond acceptors (Lipinski definition) is 3. The number of nitrogens with zero attached hydrogens (tertiary/aromatic N) is 1. The summed E-state index contributed by atoms with van der Waals surface area (Å²) in [6, 6.07) is 16.9. The molecule has 2 N–H and O–H groups in total. The van der Waals surface area contributed by atoms with Crippen LogP contribution in [-0.4, -0.2) is 11.0 Å². The van der Waals surface area contributed by atoms with Crippen molar-refractivity contribution in [2.24, 2.45) is 0 Å². The molecule has 1 aliphatic rings. The molecule has 162 valence electrons.